The lowest BCUT2D eigenvalue weighted by molar-refractivity contribution is 1.66. The van der Waals surface area contributed by atoms with Crippen molar-refractivity contribution >= 4 is 6.08 Å². The maximum Gasteiger partial charge on any atom is 0.124 e. The van der Waals surface area contributed by atoms with Gasteiger partial charge in [0.15, 0.2) is 0 Å². The summed E-state index contributed by atoms with van der Waals surface area (Å²) in [5, 5.41) is 0. The van der Waals surface area contributed by atoms with Crippen LogP contribution in [0.5, 0.6) is 0 Å². The molecule has 0 unspecified atom stereocenters. The first kappa shape index (κ1) is 5.32. The van der Waals surface area contributed by atoms with Gasteiger partial charge < -0.3 is 0 Å². The monoisotopic (exact) mass is 130 g/mol. The van der Waals surface area contributed by atoms with Crippen LogP contribution < -0.4 is 0 Å². The zero-order chi connectivity index (χ0) is 7.94. The summed E-state index contributed by atoms with van der Waals surface area (Å²) in [6.45, 7) is 0. The molecule has 0 aliphatic heterocycles. The first-order valence-electron chi connectivity index (χ1n) is 3.57. The van der Waals surface area contributed by atoms with E-state index in [-0.39, 0.29) is 0 Å². The Balaban J connectivity index is 2.69. The highest BCUT2D eigenvalue weighted by Gasteiger charge is 1.78. The Morgan fingerprint density at radius 3 is 2.90 bits per heavy atom. The molecule has 0 saturated heterocycles. The van der Waals surface area contributed by atoms with Crippen LogP contribution in [0.2, 0.25) is 0 Å². The average molecular weight is 130 g/mol. The summed E-state index contributed by atoms with van der Waals surface area (Å²) >= 11 is 0. The molecule has 0 spiro atoms. The van der Waals surface area contributed by atoms with Crippen molar-refractivity contribution in [3.05, 3.63) is 42.0 Å². The van der Waals surface area contributed by atoms with E-state index in [0.29, 0.717) is 0 Å². The van der Waals surface area contributed by atoms with E-state index >= 15 is 0 Å². The lowest BCUT2D eigenvalue weighted by Gasteiger charge is -1.86. The van der Waals surface area contributed by atoms with E-state index in [1.165, 1.54) is 0 Å². The minimum absolute atomic E-state index is 1.11. The maximum absolute atomic E-state index is 6.56. The Labute approximate surface area is 62.6 Å². The molecule has 1 rings (SSSR count). The second-order valence-electron chi connectivity index (χ2n) is 1.89. The molecule has 0 N–H and O–H groups in total. The van der Waals surface area contributed by atoms with Crippen LogP contribution in [0.1, 0.15) is 6.93 Å². The van der Waals surface area contributed by atoms with E-state index in [9.17, 15) is 0 Å². The molecule has 10 heavy (non-hydrogen) atoms. The van der Waals surface area contributed by atoms with Gasteiger partial charge in [0.05, 0.1) is 0 Å². The molecule has 1 aromatic rings. The fourth-order valence-corrected chi connectivity index (χ4v) is 0.702. The SMILES string of the molecule is [2H][13C]#C/C=C/c1ccccc1. The fraction of sp³-hybridized carbons (Fsp3) is 0. The van der Waals surface area contributed by atoms with Gasteiger partial charge in [-0.3, -0.25) is 0 Å². The van der Waals surface area contributed by atoms with Gasteiger partial charge in [-0.25, -0.2) is 0 Å². The molecule has 0 aliphatic rings. The Kier molecular flexibility index (Phi) is 1.88. The van der Waals surface area contributed by atoms with Crippen LogP contribution in [0.25, 0.3) is 6.08 Å². The molecule has 0 saturated carbocycles. The Morgan fingerprint density at radius 2 is 2.20 bits per heavy atom. The van der Waals surface area contributed by atoms with Crippen LogP contribution in [-0.4, -0.2) is 0 Å². The lowest BCUT2D eigenvalue weighted by Crippen LogP contribution is -1.65. The van der Waals surface area contributed by atoms with Crippen molar-refractivity contribution in [3.63, 3.8) is 0 Å². The highest BCUT2D eigenvalue weighted by molar-refractivity contribution is 5.51. The minimum atomic E-state index is 1.11. The van der Waals surface area contributed by atoms with Crippen molar-refractivity contribution in [1.29, 1.82) is 0 Å². The van der Waals surface area contributed by atoms with Crippen LogP contribution in [0.15, 0.2) is 36.4 Å². The van der Waals surface area contributed by atoms with E-state index in [4.69, 9.17) is 1.37 Å². The quantitative estimate of drug-likeness (QED) is 0.404. The maximum atomic E-state index is 6.56. The minimum Gasteiger partial charge on any atom is -0.115 e. The summed E-state index contributed by atoms with van der Waals surface area (Å²) in [4.78, 5) is 0. The molecule has 48 valence electrons. The van der Waals surface area contributed by atoms with Gasteiger partial charge in [0.2, 0.25) is 0 Å². The predicted octanol–water partition coefficient (Wildman–Crippen LogP) is 2.33. The van der Waals surface area contributed by atoms with Gasteiger partial charge >= 0.3 is 0 Å². The number of benzene rings is 1. The average Bonchev–Trinajstić information content (AvgIpc) is 2.07. The number of allylic oxidation sites excluding steroid dienone is 1. The summed E-state index contributed by atoms with van der Waals surface area (Å²) in [7, 11) is 0. The van der Waals surface area contributed by atoms with Crippen LogP contribution >= 0.6 is 0 Å². The van der Waals surface area contributed by atoms with Crippen LogP contribution in [0.3, 0.4) is 0 Å². The van der Waals surface area contributed by atoms with E-state index in [1.807, 2.05) is 36.4 Å². The number of rotatable bonds is 1. The highest BCUT2D eigenvalue weighted by atomic mass is 13.8. The Hall–Kier alpha value is -1.48. The van der Waals surface area contributed by atoms with Gasteiger partial charge in [0.1, 0.15) is 1.37 Å². The van der Waals surface area contributed by atoms with E-state index in [2.05, 4.69) is 12.3 Å². The van der Waals surface area contributed by atoms with Crippen molar-refractivity contribution in [2.75, 3.05) is 0 Å². The summed E-state index contributed by atoms with van der Waals surface area (Å²) in [6.07, 6.45) is 5.60. The van der Waals surface area contributed by atoms with Gasteiger partial charge in [-0.1, -0.05) is 36.3 Å². The third-order valence-electron chi connectivity index (χ3n) is 1.16. The number of hydrogen-bond donors (Lipinski definition) is 0. The van der Waals surface area contributed by atoms with Gasteiger partial charge in [-0.15, -0.1) is 6.40 Å². The largest absolute Gasteiger partial charge is 0.124 e. The van der Waals surface area contributed by atoms with E-state index < -0.39 is 0 Å². The van der Waals surface area contributed by atoms with Crippen molar-refractivity contribution < 1.29 is 1.37 Å². The summed E-state index contributed by atoms with van der Waals surface area (Å²) in [5.41, 5.74) is 1.11. The van der Waals surface area contributed by atoms with Gasteiger partial charge in [0, 0.05) is 0 Å². The van der Waals surface area contributed by atoms with Crippen LogP contribution in [0.4, 0.5) is 0 Å². The topological polar surface area (TPSA) is 0 Å². The van der Waals surface area contributed by atoms with E-state index in [0.717, 1.165) is 5.56 Å². The molecule has 0 aromatic heterocycles. The van der Waals surface area contributed by atoms with Crippen molar-refractivity contribution in [1.82, 2.24) is 0 Å². The lowest BCUT2D eigenvalue weighted by atomic mass is 10.2. The molecule has 0 amide bonds. The highest BCUT2D eigenvalue weighted by Crippen LogP contribution is 1.99. The molecule has 0 bridgehead atoms. The predicted molar refractivity (Wildman–Crippen MR) is 44.3 cm³/mol. The normalized spacial score (nSPS) is 10.2. The Bertz CT molecular complexity index is 288. The first-order chi connectivity index (χ1) is 5.43. The summed E-state index contributed by atoms with van der Waals surface area (Å²) < 4.78 is 6.56. The van der Waals surface area contributed by atoms with Crippen LogP contribution in [0, 0.1) is 12.3 Å². The molecule has 0 nitrogen and oxygen atoms in total. The molecule has 1 aromatic carbocycles. The number of terminal acetylenes is 1. The van der Waals surface area contributed by atoms with Gasteiger partial charge in [0.25, 0.3) is 0 Å². The molecule has 0 fully saturated rings. The van der Waals surface area contributed by atoms with Crippen LogP contribution in [-0.2, 0) is 0 Å². The number of hydrogen-bond acceptors (Lipinski definition) is 0. The first-order valence-corrected chi connectivity index (χ1v) is 3.07. The smallest absolute Gasteiger partial charge is 0.115 e. The zero-order valence-electron chi connectivity index (χ0n) is 6.54. The molecule has 0 radical (unpaired) electrons. The summed E-state index contributed by atoms with van der Waals surface area (Å²) in [6, 6.07) is 9.87. The van der Waals surface area contributed by atoms with Crippen molar-refractivity contribution in [2.45, 2.75) is 0 Å². The molecule has 0 aliphatic carbocycles. The third kappa shape index (κ3) is 1.80. The molecule has 0 atom stereocenters. The molecule has 0 heteroatoms. The fourth-order valence-electron chi connectivity index (χ4n) is 0.702. The molecular formula is C10H8. The second-order valence-corrected chi connectivity index (χ2v) is 1.89. The molecular weight excluding hydrogens is 121 g/mol. The van der Waals surface area contributed by atoms with E-state index in [1.54, 1.807) is 6.08 Å². The van der Waals surface area contributed by atoms with Gasteiger partial charge in [-0.05, 0) is 17.7 Å². The zero-order valence-corrected chi connectivity index (χ0v) is 5.54. The second kappa shape index (κ2) is 3.53. The van der Waals surface area contributed by atoms with Gasteiger partial charge in [-0.2, -0.15) is 0 Å². The third-order valence-corrected chi connectivity index (χ3v) is 1.16. The summed E-state index contributed by atoms with van der Waals surface area (Å²) in [5.74, 6) is 2.53. The van der Waals surface area contributed by atoms with Crippen molar-refractivity contribution in [3.8, 4) is 12.3 Å². The standard InChI is InChI=1S/C10H8/c1-2-3-7-10-8-5-4-6-9-10/h1,3-9H/b7-3+/i1+1D. The molecule has 0 heterocycles. The van der Waals surface area contributed by atoms with Crippen molar-refractivity contribution in [2.24, 2.45) is 0 Å². The Morgan fingerprint density at radius 1 is 1.40 bits per heavy atom.